The molecule has 20 heavy (non-hydrogen) atoms. The number of hydrogen-bond acceptors (Lipinski definition) is 3. The molecule has 1 aliphatic rings. The van der Waals surface area contributed by atoms with Crippen LogP contribution in [0.25, 0.3) is 10.8 Å². The van der Waals surface area contributed by atoms with E-state index in [1.54, 1.807) is 6.20 Å². The summed E-state index contributed by atoms with van der Waals surface area (Å²) in [6.45, 7) is 1.97. The lowest BCUT2D eigenvalue weighted by molar-refractivity contribution is 0.0934. The summed E-state index contributed by atoms with van der Waals surface area (Å²) in [5.41, 5.74) is 8.31. The molecule has 0 saturated heterocycles. The normalized spacial score (nSPS) is 15.7. The number of anilines is 1. The Kier molecular flexibility index (Phi) is 3.30. The average Bonchev–Trinajstić information content (AvgIpc) is 2.95. The Morgan fingerprint density at radius 2 is 2.00 bits per heavy atom. The Morgan fingerprint density at radius 3 is 2.75 bits per heavy atom. The number of nitrogens with zero attached hydrogens (tertiary/aromatic N) is 1. The predicted molar refractivity (Wildman–Crippen MR) is 80.6 cm³/mol. The largest absolute Gasteiger partial charge is 0.398 e. The second-order valence-electron chi connectivity index (χ2n) is 5.51. The fourth-order valence-electron chi connectivity index (χ4n) is 2.89. The van der Waals surface area contributed by atoms with Gasteiger partial charge in [0.2, 0.25) is 0 Å². The molecule has 3 N–H and O–H groups in total. The zero-order valence-electron chi connectivity index (χ0n) is 11.6. The number of carbonyl (C=O) groups excluding carboxylic acids is 1. The van der Waals surface area contributed by atoms with Crippen LogP contribution < -0.4 is 11.1 Å². The Labute approximate surface area is 118 Å². The Bertz CT molecular complexity index is 660. The number of amides is 1. The van der Waals surface area contributed by atoms with Gasteiger partial charge in [0.05, 0.1) is 0 Å². The number of aromatic nitrogens is 1. The first-order valence-corrected chi connectivity index (χ1v) is 7.11. The number of aryl methyl sites for hydroxylation is 1. The maximum Gasteiger partial charge on any atom is 0.270 e. The summed E-state index contributed by atoms with van der Waals surface area (Å²) in [5.74, 6) is -0.0919. The molecule has 3 rings (SSSR count). The van der Waals surface area contributed by atoms with Gasteiger partial charge in [-0.2, -0.15) is 0 Å². The molecule has 1 aromatic carbocycles. The Hall–Kier alpha value is -2.10. The lowest BCUT2D eigenvalue weighted by Crippen LogP contribution is -2.33. The minimum absolute atomic E-state index is 0.0919. The quantitative estimate of drug-likeness (QED) is 0.824. The van der Waals surface area contributed by atoms with Crippen LogP contribution in [0.3, 0.4) is 0 Å². The van der Waals surface area contributed by atoms with Crippen LogP contribution in [0.1, 0.15) is 41.7 Å². The molecule has 1 amide bonds. The summed E-state index contributed by atoms with van der Waals surface area (Å²) in [6.07, 6.45) is 6.18. The highest BCUT2D eigenvalue weighted by atomic mass is 16.1. The van der Waals surface area contributed by atoms with E-state index in [1.165, 1.54) is 12.8 Å². The van der Waals surface area contributed by atoms with Crippen molar-refractivity contribution in [3.05, 3.63) is 35.7 Å². The van der Waals surface area contributed by atoms with Gasteiger partial charge >= 0.3 is 0 Å². The first kappa shape index (κ1) is 12.9. The lowest BCUT2D eigenvalue weighted by atomic mass is 10.0. The summed E-state index contributed by atoms with van der Waals surface area (Å²) >= 11 is 0. The number of benzene rings is 1. The van der Waals surface area contributed by atoms with E-state index in [1.807, 2.05) is 25.1 Å². The van der Waals surface area contributed by atoms with Crippen molar-refractivity contribution < 1.29 is 4.79 Å². The third-order valence-corrected chi connectivity index (χ3v) is 4.11. The van der Waals surface area contributed by atoms with Crippen molar-refractivity contribution >= 4 is 22.4 Å². The minimum atomic E-state index is -0.0919. The monoisotopic (exact) mass is 269 g/mol. The minimum Gasteiger partial charge on any atom is -0.398 e. The molecule has 0 atom stereocenters. The van der Waals surface area contributed by atoms with Crippen molar-refractivity contribution in [2.24, 2.45) is 0 Å². The van der Waals surface area contributed by atoms with Gasteiger partial charge in [0.25, 0.3) is 5.91 Å². The van der Waals surface area contributed by atoms with E-state index >= 15 is 0 Å². The molecular weight excluding hydrogens is 250 g/mol. The zero-order chi connectivity index (χ0) is 14.1. The van der Waals surface area contributed by atoms with Gasteiger partial charge in [-0.15, -0.1) is 0 Å². The summed E-state index contributed by atoms with van der Waals surface area (Å²) in [6, 6.07) is 6.02. The fraction of sp³-hybridized carbons (Fsp3) is 0.375. The van der Waals surface area contributed by atoms with Crippen LogP contribution in [0.2, 0.25) is 0 Å². The summed E-state index contributed by atoms with van der Waals surface area (Å²) in [7, 11) is 0. The van der Waals surface area contributed by atoms with E-state index in [9.17, 15) is 4.79 Å². The summed E-state index contributed by atoms with van der Waals surface area (Å²) < 4.78 is 0. The van der Waals surface area contributed by atoms with Crippen molar-refractivity contribution in [1.82, 2.24) is 10.3 Å². The lowest BCUT2D eigenvalue weighted by Gasteiger charge is -2.13. The number of fused-ring (bicyclic) bond motifs is 1. The Balaban J connectivity index is 1.98. The molecule has 2 aromatic rings. The van der Waals surface area contributed by atoms with Crippen molar-refractivity contribution in [3.8, 4) is 0 Å². The number of nitrogen functional groups attached to an aromatic ring is 1. The van der Waals surface area contributed by atoms with Crippen molar-refractivity contribution in [2.45, 2.75) is 38.6 Å². The smallest absolute Gasteiger partial charge is 0.270 e. The van der Waals surface area contributed by atoms with Crippen LogP contribution in [0.5, 0.6) is 0 Å². The molecule has 4 heteroatoms. The molecule has 0 aliphatic heterocycles. The number of hydrogen-bond donors (Lipinski definition) is 2. The van der Waals surface area contributed by atoms with E-state index in [-0.39, 0.29) is 5.91 Å². The SMILES string of the molecule is Cc1ccc2c(C(=O)NC3CCCC3)nccc2c1N. The van der Waals surface area contributed by atoms with Gasteiger partial charge in [0.1, 0.15) is 5.69 Å². The van der Waals surface area contributed by atoms with Gasteiger partial charge in [0, 0.05) is 28.7 Å². The van der Waals surface area contributed by atoms with Crippen LogP contribution in [0.4, 0.5) is 5.69 Å². The van der Waals surface area contributed by atoms with E-state index in [4.69, 9.17) is 5.73 Å². The van der Waals surface area contributed by atoms with Gasteiger partial charge < -0.3 is 11.1 Å². The fourth-order valence-corrected chi connectivity index (χ4v) is 2.89. The molecule has 104 valence electrons. The van der Waals surface area contributed by atoms with Crippen LogP contribution in [0.15, 0.2) is 24.4 Å². The summed E-state index contributed by atoms with van der Waals surface area (Å²) in [5, 5.41) is 4.80. The molecule has 1 fully saturated rings. The van der Waals surface area contributed by atoms with Gasteiger partial charge in [-0.25, -0.2) is 0 Å². The average molecular weight is 269 g/mol. The molecule has 1 aliphatic carbocycles. The third-order valence-electron chi connectivity index (χ3n) is 4.11. The molecule has 0 bridgehead atoms. The molecule has 0 spiro atoms. The van der Waals surface area contributed by atoms with Gasteiger partial charge in [-0.3, -0.25) is 9.78 Å². The van der Waals surface area contributed by atoms with E-state index in [2.05, 4.69) is 10.3 Å². The molecule has 4 nitrogen and oxygen atoms in total. The van der Waals surface area contributed by atoms with Gasteiger partial charge in [-0.05, 0) is 31.4 Å². The predicted octanol–water partition coefficient (Wildman–Crippen LogP) is 2.80. The highest BCUT2D eigenvalue weighted by Gasteiger charge is 2.20. The third kappa shape index (κ3) is 2.22. The number of nitrogens with one attached hydrogen (secondary N) is 1. The molecular formula is C16H19N3O. The van der Waals surface area contributed by atoms with E-state index < -0.39 is 0 Å². The molecule has 0 unspecified atom stereocenters. The van der Waals surface area contributed by atoms with Crippen LogP contribution in [0, 0.1) is 6.92 Å². The Morgan fingerprint density at radius 1 is 1.25 bits per heavy atom. The van der Waals surface area contributed by atoms with Crippen LogP contribution in [-0.4, -0.2) is 16.9 Å². The second-order valence-corrected chi connectivity index (χ2v) is 5.51. The zero-order valence-corrected chi connectivity index (χ0v) is 11.6. The van der Waals surface area contributed by atoms with Gasteiger partial charge in [0.15, 0.2) is 0 Å². The number of rotatable bonds is 2. The van der Waals surface area contributed by atoms with Crippen LogP contribution in [-0.2, 0) is 0 Å². The number of pyridine rings is 1. The van der Waals surface area contributed by atoms with Crippen molar-refractivity contribution in [3.63, 3.8) is 0 Å². The first-order valence-electron chi connectivity index (χ1n) is 7.11. The van der Waals surface area contributed by atoms with Gasteiger partial charge in [-0.1, -0.05) is 25.0 Å². The van der Waals surface area contributed by atoms with Crippen molar-refractivity contribution in [2.75, 3.05) is 5.73 Å². The molecule has 1 heterocycles. The van der Waals surface area contributed by atoms with E-state index in [0.717, 1.165) is 34.9 Å². The second kappa shape index (κ2) is 5.12. The number of carbonyl (C=O) groups is 1. The molecule has 1 aromatic heterocycles. The maximum absolute atomic E-state index is 12.4. The number of nitrogens with two attached hydrogens (primary N) is 1. The van der Waals surface area contributed by atoms with E-state index in [0.29, 0.717) is 11.7 Å². The first-order chi connectivity index (χ1) is 9.66. The highest BCUT2D eigenvalue weighted by Crippen LogP contribution is 2.26. The maximum atomic E-state index is 12.4. The van der Waals surface area contributed by atoms with Crippen molar-refractivity contribution in [1.29, 1.82) is 0 Å². The topological polar surface area (TPSA) is 68.0 Å². The summed E-state index contributed by atoms with van der Waals surface area (Å²) in [4.78, 5) is 16.6. The molecule has 0 radical (unpaired) electrons. The highest BCUT2D eigenvalue weighted by molar-refractivity contribution is 6.08. The van der Waals surface area contributed by atoms with Crippen LogP contribution >= 0.6 is 0 Å². The molecule has 1 saturated carbocycles. The standard InChI is InChI=1S/C16H19N3O/c1-10-6-7-13-12(14(10)17)8-9-18-15(13)16(20)19-11-4-2-3-5-11/h6-9,11H,2-5,17H2,1H3,(H,19,20).